The minimum atomic E-state index is 0.731. The molecule has 2 rings (SSSR count). The van der Waals surface area contributed by atoms with Crippen molar-refractivity contribution in [3.8, 4) is 0 Å². The van der Waals surface area contributed by atoms with Gasteiger partial charge in [0, 0.05) is 5.92 Å². The van der Waals surface area contributed by atoms with E-state index in [0.29, 0.717) is 0 Å². The summed E-state index contributed by atoms with van der Waals surface area (Å²) in [7, 11) is 0. The fourth-order valence-electron chi connectivity index (χ4n) is 1.53. The van der Waals surface area contributed by atoms with Crippen molar-refractivity contribution < 1.29 is 0 Å². The summed E-state index contributed by atoms with van der Waals surface area (Å²) in [6.45, 7) is 0. The molecule has 0 nitrogen and oxygen atoms in total. The van der Waals surface area contributed by atoms with Gasteiger partial charge in [0.2, 0.25) is 0 Å². The van der Waals surface area contributed by atoms with Gasteiger partial charge in [-0.3, -0.25) is 0 Å². The van der Waals surface area contributed by atoms with Crippen molar-refractivity contribution in [2.45, 2.75) is 19.3 Å². The van der Waals surface area contributed by atoms with E-state index in [1.54, 1.807) is 5.57 Å². The van der Waals surface area contributed by atoms with Gasteiger partial charge in [-0.25, -0.2) is 0 Å². The summed E-state index contributed by atoms with van der Waals surface area (Å²) in [5, 5.41) is 0. The Balaban J connectivity index is 2.29. The Bertz CT molecular complexity index is 151. The Hall–Kier alpha value is -0.520. The predicted molar refractivity (Wildman–Crippen MR) is 33.2 cm³/mol. The van der Waals surface area contributed by atoms with E-state index in [9.17, 15) is 0 Å². The molecule has 0 N–H and O–H groups in total. The van der Waals surface area contributed by atoms with Crippen LogP contribution in [-0.4, -0.2) is 0 Å². The molecule has 41 valence electrons. The fraction of sp³-hybridized carbons (Fsp3) is 0.500. The zero-order chi connectivity index (χ0) is 5.40. The summed E-state index contributed by atoms with van der Waals surface area (Å²) in [6, 6.07) is 0. The van der Waals surface area contributed by atoms with Crippen LogP contribution < -0.4 is 0 Å². The standard InChI is InChI=1S/C8H9/c1-3-7-5-2-6-8(7)4-1/h1,3,8H,2,5-6H2. The van der Waals surface area contributed by atoms with Crippen LogP contribution in [0.2, 0.25) is 0 Å². The van der Waals surface area contributed by atoms with Crippen LogP contribution in [0.1, 0.15) is 19.3 Å². The van der Waals surface area contributed by atoms with Crippen molar-refractivity contribution in [1.29, 1.82) is 0 Å². The van der Waals surface area contributed by atoms with Gasteiger partial charge in [-0.15, -0.1) is 0 Å². The first kappa shape index (κ1) is 4.37. The molecule has 2 aliphatic carbocycles. The van der Waals surface area contributed by atoms with Crippen LogP contribution in [0.25, 0.3) is 0 Å². The second-order valence-corrected chi connectivity index (χ2v) is 2.52. The summed E-state index contributed by atoms with van der Waals surface area (Å²) in [6.07, 6.45) is 11.7. The summed E-state index contributed by atoms with van der Waals surface area (Å²) in [5.41, 5.74) is 1.62. The maximum Gasteiger partial charge on any atom is 0.00543 e. The lowest BCUT2D eigenvalue weighted by molar-refractivity contribution is 0.756. The zero-order valence-corrected chi connectivity index (χ0v) is 4.85. The molecule has 1 saturated carbocycles. The largest absolute Gasteiger partial charge is 0.0627 e. The molecule has 2 aliphatic rings. The lowest BCUT2D eigenvalue weighted by atomic mass is 10.1. The van der Waals surface area contributed by atoms with Gasteiger partial charge in [0.25, 0.3) is 0 Å². The quantitative estimate of drug-likeness (QED) is 0.442. The van der Waals surface area contributed by atoms with Crippen LogP contribution in [0.3, 0.4) is 0 Å². The average Bonchev–Trinajstić information content (AvgIpc) is 2.15. The highest BCUT2D eigenvalue weighted by atomic mass is 14.2. The van der Waals surface area contributed by atoms with Crippen molar-refractivity contribution in [2.24, 2.45) is 5.92 Å². The Morgan fingerprint density at radius 2 is 2.62 bits per heavy atom. The van der Waals surface area contributed by atoms with Crippen molar-refractivity contribution in [1.82, 2.24) is 0 Å². The molecule has 1 radical (unpaired) electrons. The van der Waals surface area contributed by atoms with E-state index in [1.165, 1.54) is 19.3 Å². The molecule has 0 heteroatoms. The first-order valence-corrected chi connectivity index (χ1v) is 3.25. The number of allylic oxidation sites excluding steroid dienone is 4. The van der Waals surface area contributed by atoms with Gasteiger partial charge in [-0.05, 0) is 25.3 Å². The van der Waals surface area contributed by atoms with E-state index in [-0.39, 0.29) is 0 Å². The molecule has 0 spiro atoms. The van der Waals surface area contributed by atoms with E-state index >= 15 is 0 Å². The van der Waals surface area contributed by atoms with Crippen molar-refractivity contribution in [3.63, 3.8) is 0 Å². The first-order valence-electron chi connectivity index (χ1n) is 3.25. The van der Waals surface area contributed by atoms with Gasteiger partial charge in [0.15, 0.2) is 0 Å². The molecule has 0 aliphatic heterocycles. The van der Waals surface area contributed by atoms with E-state index in [2.05, 4.69) is 18.2 Å². The van der Waals surface area contributed by atoms with Gasteiger partial charge < -0.3 is 0 Å². The van der Waals surface area contributed by atoms with Gasteiger partial charge in [-0.2, -0.15) is 0 Å². The number of rotatable bonds is 0. The number of hydrogen-bond acceptors (Lipinski definition) is 0. The van der Waals surface area contributed by atoms with Crippen LogP contribution >= 0.6 is 0 Å². The Morgan fingerprint density at radius 1 is 1.62 bits per heavy atom. The van der Waals surface area contributed by atoms with Gasteiger partial charge in [-0.1, -0.05) is 17.7 Å². The van der Waals surface area contributed by atoms with E-state index in [1.807, 2.05) is 0 Å². The molecule has 0 aromatic rings. The number of hydrogen-bond donors (Lipinski definition) is 0. The summed E-state index contributed by atoms with van der Waals surface area (Å²) in [4.78, 5) is 0. The molecule has 1 atom stereocenters. The van der Waals surface area contributed by atoms with E-state index < -0.39 is 0 Å². The highest BCUT2D eigenvalue weighted by Gasteiger charge is 2.19. The Kier molecular flexibility index (Phi) is 0.806. The van der Waals surface area contributed by atoms with Gasteiger partial charge >= 0.3 is 0 Å². The summed E-state index contributed by atoms with van der Waals surface area (Å²) >= 11 is 0. The molecule has 0 saturated heterocycles. The topological polar surface area (TPSA) is 0 Å². The molecular weight excluding hydrogens is 96.1 g/mol. The van der Waals surface area contributed by atoms with Crippen LogP contribution in [0.4, 0.5) is 0 Å². The fourth-order valence-corrected chi connectivity index (χ4v) is 1.53. The predicted octanol–water partition coefficient (Wildman–Crippen LogP) is 2.09. The molecule has 1 unspecified atom stereocenters. The second kappa shape index (κ2) is 1.48. The lowest BCUT2D eigenvalue weighted by Crippen LogP contribution is -1.84. The lowest BCUT2D eigenvalue weighted by Gasteiger charge is -1.95. The minimum absolute atomic E-state index is 0.731. The monoisotopic (exact) mass is 105 g/mol. The molecule has 1 fully saturated rings. The molecule has 0 aromatic carbocycles. The second-order valence-electron chi connectivity index (χ2n) is 2.52. The highest BCUT2D eigenvalue weighted by Crippen LogP contribution is 2.34. The molecule has 0 heterocycles. The van der Waals surface area contributed by atoms with Crippen molar-refractivity contribution in [2.75, 3.05) is 0 Å². The highest BCUT2D eigenvalue weighted by molar-refractivity contribution is 5.26. The maximum atomic E-state index is 3.30. The van der Waals surface area contributed by atoms with Crippen LogP contribution in [0.15, 0.2) is 17.7 Å². The summed E-state index contributed by atoms with van der Waals surface area (Å²) in [5.74, 6) is 0.731. The Morgan fingerprint density at radius 3 is 3.50 bits per heavy atom. The average molecular weight is 105 g/mol. The molecular formula is C8H9. The number of fused-ring (bicyclic) bond motifs is 1. The third-order valence-electron chi connectivity index (χ3n) is 2.00. The zero-order valence-electron chi connectivity index (χ0n) is 4.85. The van der Waals surface area contributed by atoms with Gasteiger partial charge in [0.1, 0.15) is 0 Å². The SMILES string of the molecule is [C]1=CC=C2CCCC12. The molecule has 0 amide bonds. The minimum Gasteiger partial charge on any atom is -0.0627 e. The van der Waals surface area contributed by atoms with E-state index in [0.717, 1.165) is 5.92 Å². The third-order valence-corrected chi connectivity index (χ3v) is 2.00. The molecule has 0 aromatic heterocycles. The smallest absolute Gasteiger partial charge is 0.00543 e. The van der Waals surface area contributed by atoms with Crippen LogP contribution in [-0.2, 0) is 0 Å². The Labute approximate surface area is 49.9 Å². The third kappa shape index (κ3) is 0.459. The first-order chi connectivity index (χ1) is 3.97. The maximum absolute atomic E-state index is 3.30. The van der Waals surface area contributed by atoms with Crippen LogP contribution in [0, 0.1) is 12.0 Å². The summed E-state index contributed by atoms with van der Waals surface area (Å²) < 4.78 is 0. The van der Waals surface area contributed by atoms with E-state index in [4.69, 9.17) is 0 Å². The van der Waals surface area contributed by atoms with Crippen molar-refractivity contribution >= 4 is 0 Å². The molecule has 0 bridgehead atoms. The van der Waals surface area contributed by atoms with Crippen molar-refractivity contribution in [3.05, 3.63) is 23.8 Å². The molecule has 8 heavy (non-hydrogen) atoms. The van der Waals surface area contributed by atoms with Gasteiger partial charge in [0.05, 0.1) is 0 Å². The normalized spacial score (nSPS) is 33.0. The van der Waals surface area contributed by atoms with Crippen LogP contribution in [0.5, 0.6) is 0 Å².